The molecule has 0 saturated carbocycles. The van der Waals surface area contributed by atoms with Crippen LogP contribution in [-0.2, 0) is 44.5 Å². The highest BCUT2D eigenvalue weighted by molar-refractivity contribution is 5.84. The van der Waals surface area contributed by atoms with Crippen molar-refractivity contribution in [3.8, 4) is 45.1 Å². The highest BCUT2D eigenvalue weighted by Crippen LogP contribution is 2.45. The van der Waals surface area contributed by atoms with E-state index in [0.29, 0.717) is 70.3 Å². The van der Waals surface area contributed by atoms with Crippen LogP contribution in [-0.4, -0.2) is 155 Å². The lowest BCUT2D eigenvalue weighted by Crippen LogP contribution is -2.47. The first kappa shape index (κ1) is 57.3. The second kappa shape index (κ2) is 32.8. The summed E-state index contributed by atoms with van der Waals surface area (Å²) >= 11 is 0. The zero-order chi connectivity index (χ0) is 49.6. The van der Waals surface area contributed by atoms with Crippen LogP contribution in [0.5, 0.6) is 11.5 Å². The molecule has 5 rings (SSSR count). The van der Waals surface area contributed by atoms with Gasteiger partial charge in [-0.05, 0) is 62.5 Å². The van der Waals surface area contributed by atoms with Crippen molar-refractivity contribution in [2.75, 3.05) is 88.6 Å². The van der Waals surface area contributed by atoms with Crippen LogP contribution in [0.2, 0.25) is 0 Å². The SMILES string of the molecule is CCC.CNCC(=O)NCC(O)CCc1ncc(-c2ccc(-c3ccc(-c4cnc(C5CCCN5C(=O)C(NC)C(C)C)[nH]4)c(OCCOC)c3OCCOC)cc2)[nH]1.COC=O.COC=O. The molecule has 1 aliphatic rings. The Morgan fingerprint density at radius 2 is 1.40 bits per heavy atom. The van der Waals surface area contributed by atoms with Gasteiger partial charge < -0.3 is 64.3 Å². The molecule has 1 fully saturated rings. The smallest absolute Gasteiger partial charge is 0.292 e. The van der Waals surface area contributed by atoms with Gasteiger partial charge in [-0.1, -0.05) is 58.4 Å². The van der Waals surface area contributed by atoms with Crippen LogP contribution < -0.4 is 25.4 Å². The molecule has 2 aromatic heterocycles. The van der Waals surface area contributed by atoms with E-state index in [-0.39, 0.29) is 42.9 Å². The molecule has 3 atom stereocenters. The summed E-state index contributed by atoms with van der Waals surface area (Å²) in [7, 11) is 9.42. The van der Waals surface area contributed by atoms with Crippen LogP contribution in [0.25, 0.3) is 33.6 Å². The van der Waals surface area contributed by atoms with Gasteiger partial charge in [-0.25, -0.2) is 9.97 Å². The number of carbonyl (C=O) groups is 4. The Kier molecular flexibility index (Phi) is 28.0. The fourth-order valence-corrected chi connectivity index (χ4v) is 6.95. The van der Waals surface area contributed by atoms with Gasteiger partial charge in [0.05, 0.1) is 75.9 Å². The zero-order valence-electron chi connectivity index (χ0n) is 40.9. The van der Waals surface area contributed by atoms with Gasteiger partial charge in [0.25, 0.3) is 12.9 Å². The molecule has 0 spiro atoms. The molecule has 0 radical (unpaired) electrons. The van der Waals surface area contributed by atoms with Gasteiger partial charge in [-0.15, -0.1) is 0 Å². The van der Waals surface area contributed by atoms with Gasteiger partial charge in [0.1, 0.15) is 24.9 Å². The first-order valence-corrected chi connectivity index (χ1v) is 22.5. The first-order chi connectivity index (χ1) is 32.4. The quantitative estimate of drug-likeness (QED) is 0.0412. The number of aryl methyl sites for hydroxylation is 1. The second-order valence-electron chi connectivity index (χ2n) is 15.6. The van der Waals surface area contributed by atoms with Crippen molar-refractivity contribution in [2.45, 2.75) is 78.0 Å². The summed E-state index contributed by atoms with van der Waals surface area (Å²) in [5, 5.41) is 19.0. The summed E-state index contributed by atoms with van der Waals surface area (Å²) in [5.41, 5.74) is 5.07. The van der Waals surface area contributed by atoms with E-state index in [4.69, 9.17) is 33.5 Å². The maximum absolute atomic E-state index is 13.6. The van der Waals surface area contributed by atoms with Crippen molar-refractivity contribution in [1.82, 2.24) is 40.8 Å². The van der Waals surface area contributed by atoms with Crippen molar-refractivity contribution in [2.24, 2.45) is 5.92 Å². The van der Waals surface area contributed by atoms with Crippen LogP contribution in [0.3, 0.4) is 0 Å². The number of likely N-dealkylation sites (N-methyl/N-ethyl adjacent to an activating group) is 2. The molecule has 19 nitrogen and oxygen atoms in total. The minimum Gasteiger partial charge on any atom is -0.487 e. The molecule has 67 heavy (non-hydrogen) atoms. The standard InChI is InChI=1S/C41H58N8O7.C3H8.2C2H4O2/c1-26(2)37(43-4)41(52)49-17-7-8-34(49)40-46-24-33(48-40)31-15-14-30(38(55-20-18-53-5)39(31)56-21-19-54-6)27-9-11-28(12-10-27)32-23-44-35(47-32)16-13-29(50)22-45-36(51)25-42-3;1-3-2;2*1-4-2-3/h9-12,14-15,23-24,26,29,34,37,42-43,50H,7-8,13,16-22,25H2,1-6H3,(H,44,47)(H,45,51)(H,46,48);3H2,1-2H3;2*2H,1H3. The molecule has 6 N–H and O–H groups in total. The predicted molar refractivity (Wildman–Crippen MR) is 257 cm³/mol. The maximum Gasteiger partial charge on any atom is 0.292 e. The van der Waals surface area contributed by atoms with Crippen LogP contribution in [0.15, 0.2) is 48.8 Å². The third kappa shape index (κ3) is 18.7. The van der Waals surface area contributed by atoms with E-state index in [1.807, 2.05) is 48.3 Å². The monoisotopic (exact) mass is 939 g/mol. The highest BCUT2D eigenvalue weighted by atomic mass is 16.5. The molecule has 3 unspecified atom stereocenters. The Hall–Kier alpha value is -5.86. The Balaban J connectivity index is 0.00000127. The van der Waals surface area contributed by atoms with E-state index in [1.165, 1.54) is 20.6 Å². The first-order valence-electron chi connectivity index (χ1n) is 22.5. The van der Waals surface area contributed by atoms with Crippen LogP contribution in [0.4, 0.5) is 0 Å². The molecule has 0 aliphatic carbocycles. The number of likely N-dealkylation sites (tertiary alicyclic amines) is 1. The minimum absolute atomic E-state index is 0.0859. The largest absolute Gasteiger partial charge is 0.487 e. The molecule has 3 heterocycles. The number of nitrogens with zero attached hydrogens (tertiary/aromatic N) is 3. The Morgan fingerprint density at radius 1 is 0.836 bits per heavy atom. The molecular weight excluding hydrogens is 865 g/mol. The van der Waals surface area contributed by atoms with Crippen LogP contribution in [0.1, 0.15) is 71.1 Å². The summed E-state index contributed by atoms with van der Waals surface area (Å²) in [6, 6.07) is 11.7. The summed E-state index contributed by atoms with van der Waals surface area (Å²) in [6.07, 6.45) is 6.87. The molecule has 4 aromatic rings. The number of nitrogens with one attached hydrogen (secondary N) is 5. The lowest BCUT2D eigenvalue weighted by molar-refractivity contribution is -0.135. The van der Waals surface area contributed by atoms with Crippen molar-refractivity contribution in [3.05, 3.63) is 60.4 Å². The van der Waals surface area contributed by atoms with Crippen molar-refractivity contribution < 1.29 is 52.7 Å². The number of rotatable bonds is 24. The summed E-state index contributed by atoms with van der Waals surface area (Å²) in [6.45, 7) is 11.5. The van der Waals surface area contributed by atoms with Gasteiger partial charge in [0, 0.05) is 44.9 Å². The molecule has 372 valence electrons. The number of carbonyl (C=O) groups excluding carboxylic acids is 4. The zero-order valence-corrected chi connectivity index (χ0v) is 40.9. The van der Waals surface area contributed by atoms with E-state index in [0.717, 1.165) is 58.1 Å². The van der Waals surface area contributed by atoms with Crippen molar-refractivity contribution in [1.29, 1.82) is 0 Å². The number of imidazole rings is 2. The van der Waals surface area contributed by atoms with Gasteiger partial charge in [-0.3, -0.25) is 19.2 Å². The van der Waals surface area contributed by atoms with Crippen molar-refractivity contribution in [3.63, 3.8) is 0 Å². The Bertz CT molecular complexity index is 2000. The van der Waals surface area contributed by atoms with Crippen LogP contribution in [0, 0.1) is 5.92 Å². The number of hydrogen-bond acceptors (Lipinski definition) is 15. The number of aliphatic hydroxyl groups excluding tert-OH is 1. The molecular formula is C48H74N8O11. The topological polar surface area (TPSA) is 241 Å². The predicted octanol–water partition coefficient (Wildman–Crippen LogP) is 4.72. The van der Waals surface area contributed by atoms with E-state index >= 15 is 0 Å². The normalized spacial score (nSPS) is 13.7. The minimum atomic E-state index is -0.677. The summed E-state index contributed by atoms with van der Waals surface area (Å²) in [4.78, 5) is 61.3. The molecule has 0 bridgehead atoms. The average Bonchev–Trinajstić information content (AvgIpc) is 4.14. The fraction of sp³-hybridized carbons (Fsp3) is 0.542. The summed E-state index contributed by atoms with van der Waals surface area (Å²) in [5.74, 6) is 2.68. The third-order valence-electron chi connectivity index (χ3n) is 10.1. The van der Waals surface area contributed by atoms with Gasteiger partial charge in [0.15, 0.2) is 11.5 Å². The number of ether oxygens (including phenoxy) is 6. The van der Waals surface area contributed by atoms with Gasteiger partial charge in [0.2, 0.25) is 11.8 Å². The molecule has 19 heteroatoms. The number of methoxy groups -OCH3 is 4. The van der Waals surface area contributed by atoms with E-state index in [1.54, 1.807) is 33.7 Å². The van der Waals surface area contributed by atoms with Gasteiger partial charge >= 0.3 is 0 Å². The number of aromatic nitrogens is 4. The molecule has 2 amide bonds. The third-order valence-corrected chi connectivity index (χ3v) is 10.1. The molecule has 2 aromatic carbocycles. The summed E-state index contributed by atoms with van der Waals surface area (Å²) < 4.78 is 31.3. The van der Waals surface area contributed by atoms with E-state index in [9.17, 15) is 14.7 Å². The van der Waals surface area contributed by atoms with Gasteiger partial charge in [-0.2, -0.15) is 0 Å². The number of H-pyrrole nitrogens is 2. The Labute approximate surface area is 395 Å². The fourth-order valence-electron chi connectivity index (χ4n) is 6.95. The number of aliphatic hydroxyl groups is 1. The lowest BCUT2D eigenvalue weighted by atomic mass is 9.98. The number of hydrogen-bond donors (Lipinski definition) is 6. The number of amides is 2. The van der Waals surface area contributed by atoms with E-state index < -0.39 is 6.10 Å². The lowest BCUT2D eigenvalue weighted by Gasteiger charge is -2.29. The number of benzene rings is 2. The Morgan fingerprint density at radius 3 is 1.96 bits per heavy atom. The molecule has 1 saturated heterocycles. The maximum atomic E-state index is 13.6. The second-order valence-corrected chi connectivity index (χ2v) is 15.6. The van der Waals surface area contributed by atoms with Crippen LogP contribution >= 0.6 is 0 Å². The van der Waals surface area contributed by atoms with Crippen molar-refractivity contribution >= 4 is 24.8 Å². The average molecular weight is 939 g/mol. The number of aromatic amines is 2. The highest BCUT2D eigenvalue weighted by Gasteiger charge is 2.36. The van der Waals surface area contributed by atoms with E-state index in [2.05, 4.69) is 68.1 Å². The molecule has 1 aliphatic heterocycles.